The fourth-order valence-electron chi connectivity index (χ4n) is 12.2. The minimum Gasteiger partial charge on any atom is -0.459 e. The molecule has 27 heteroatoms. The Hall–Kier alpha value is -12.3. The van der Waals surface area contributed by atoms with Crippen molar-refractivity contribution in [2.75, 3.05) is 33.0 Å². The first-order valence-electron chi connectivity index (χ1n) is 34.9. The maximum Gasteiger partial charge on any atom is 0.338 e. The van der Waals surface area contributed by atoms with E-state index in [9.17, 15) is 43.9 Å². The molecule has 0 N–H and O–H groups in total. The van der Waals surface area contributed by atoms with E-state index >= 15 is 4.39 Å². The lowest BCUT2D eigenvalue weighted by Gasteiger charge is -2.48. The van der Waals surface area contributed by atoms with E-state index in [0.717, 1.165) is 0 Å². The highest BCUT2D eigenvalue weighted by molar-refractivity contribution is 5.93. The molecular formula is C83H72FN3O23. The summed E-state index contributed by atoms with van der Waals surface area (Å²) in [6.07, 6.45) is -29.6. The van der Waals surface area contributed by atoms with E-state index in [1.54, 1.807) is 164 Å². The predicted octanol–water partition coefficient (Wildman–Crippen LogP) is 11.9. The monoisotopic (exact) mass is 1500 g/mol. The molecule has 0 spiro atoms. The molecule has 0 bridgehead atoms. The second kappa shape index (κ2) is 38.5. The maximum absolute atomic E-state index is 18.8. The molecule has 0 saturated carbocycles. The van der Waals surface area contributed by atoms with Crippen LogP contribution in [0.4, 0.5) is 4.39 Å². The first-order valence-corrected chi connectivity index (χ1v) is 34.9. The summed E-state index contributed by atoms with van der Waals surface area (Å²) in [5.74, 6) is -7.98. The minimum absolute atomic E-state index is 0.00568. The fourth-order valence-corrected chi connectivity index (χ4v) is 12.2. The molecule has 9 aromatic rings. The minimum atomic E-state index is -2.54. The van der Waals surface area contributed by atoms with E-state index in [0.29, 0.717) is 5.56 Å². The van der Waals surface area contributed by atoms with Gasteiger partial charge in [0.2, 0.25) is 0 Å². The molecule has 9 aromatic carbocycles. The van der Waals surface area contributed by atoms with Gasteiger partial charge >= 0.3 is 47.8 Å². The van der Waals surface area contributed by atoms with Crippen LogP contribution in [-0.2, 0) is 77.7 Å². The number of alkyl halides is 1. The molecule has 0 aromatic heterocycles. The van der Waals surface area contributed by atoms with Gasteiger partial charge in [0.1, 0.15) is 43.7 Å². The van der Waals surface area contributed by atoms with E-state index in [4.69, 9.17) is 71.1 Å². The van der Waals surface area contributed by atoms with Crippen LogP contribution in [0.25, 0.3) is 10.4 Å². The molecule has 0 aliphatic carbocycles. The van der Waals surface area contributed by atoms with E-state index in [-0.39, 0.29) is 57.7 Å². The maximum atomic E-state index is 18.8. The lowest BCUT2D eigenvalue weighted by Crippen LogP contribution is -2.67. The van der Waals surface area contributed by atoms with E-state index < -0.39 is 166 Å². The molecule has 0 unspecified atom stereocenters. The SMILES string of the molecule is [N-]=[N+]=NCCO[C@@H]1O[C@H](CO[C@H]2O[C@H](COC(=O)c3ccccc3)[C@@H](OC(=O)c3ccccc3)[C@H](OC(=O)c3ccccc3)[C@@H]2OC(=O)c2ccccc2)[C@@H](OCc2ccccc2)[C@H](O[C@H]2O[C@H](COC(=O)c3ccccc3)[C@@H](OC(=O)c3ccccc3)[C@H](OC(=O)c3ccccc3)[C@@H]2OC(=O)c2ccccc2)[C@H]1F. The van der Waals surface area contributed by atoms with Gasteiger partial charge in [0.05, 0.1) is 64.3 Å². The summed E-state index contributed by atoms with van der Waals surface area (Å²) in [5, 5.41) is 3.56. The third-order valence-corrected chi connectivity index (χ3v) is 17.6. The highest BCUT2D eigenvalue weighted by Gasteiger charge is 2.59. The number of hydrogen-bond acceptors (Lipinski definition) is 24. The van der Waals surface area contributed by atoms with Crippen molar-refractivity contribution in [2.24, 2.45) is 5.11 Å². The number of carbonyl (C=O) groups is 8. The number of ether oxygens (including phenoxy) is 15. The number of rotatable bonds is 30. The summed E-state index contributed by atoms with van der Waals surface area (Å²) < 4.78 is 115. The normalized spacial score (nSPS) is 23.4. The molecule has 0 amide bonds. The van der Waals surface area contributed by atoms with Crippen LogP contribution in [0.2, 0.25) is 0 Å². The van der Waals surface area contributed by atoms with Crippen molar-refractivity contribution in [1.29, 1.82) is 0 Å². The van der Waals surface area contributed by atoms with Crippen molar-refractivity contribution >= 4 is 47.8 Å². The molecule has 26 nitrogen and oxygen atoms in total. The Bertz CT molecular complexity index is 4570. The molecule has 3 heterocycles. The quantitative estimate of drug-likeness (QED) is 0.0101. The van der Waals surface area contributed by atoms with E-state index in [1.165, 1.54) is 109 Å². The van der Waals surface area contributed by atoms with Gasteiger partial charge in [-0.05, 0) is 108 Å². The molecule has 12 rings (SSSR count). The lowest BCUT2D eigenvalue weighted by atomic mass is 9.96. The molecule has 110 heavy (non-hydrogen) atoms. The van der Waals surface area contributed by atoms with Crippen LogP contribution >= 0.6 is 0 Å². The topological polar surface area (TPSA) is 324 Å². The lowest BCUT2D eigenvalue weighted by molar-refractivity contribution is -0.361. The zero-order valence-corrected chi connectivity index (χ0v) is 58.5. The van der Waals surface area contributed by atoms with Gasteiger partial charge in [-0.3, -0.25) is 0 Å². The Balaban J connectivity index is 0.977. The number of nitrogens with zero attached hydrogens (tertiary/aromatic N) is 3. The zero-order valence-electron chi connectivity index (χ0n) is 58.5. The van der Waals surface area contributed by atoms with Crippen molar-refractivity contribution in [3.8, 4) is 0 Å². The molecule has 15 atom stereocenters. The Labute approximate surface area is 629 Å². The summed E-state index contributed by atoms with van der Waals surface area (Å²) >= 11 is 0. The van der Waals surface area contributed by atoms with E-state index in [2.05, 4.69) is 10.0 Å². The molecular weight excluding hydrogens is 1430 g/mol. The number of esters is 8. The van der Waals surface area contributed by atoms with Gasteiger partial charge in [0.25, 0.3) is 0 Å². The standard InChI is InChI=1S/C83H72FN3O23/c84-64-68(110-83-72(109-80(95)60-44-26-9-27-45-60)70(107-78(93)58-40-22-7-23-41-58)67(105-76(91)56-36-18-5-19-37-56)63(103-83)50-99-74(89)54-32-14-3-15-33-54)65(97-48-52-28-10-1-11-29-52)61(101-81(64)96-47-46-86-87-85)51-100-82-71(108-79(94)59-42-24-8-25-43-59)69(106-77(92)57-38-20-6-21-39-57)66(104-75(90)55-34-16-4-17-35-55)62(102-82)49-98-73(88)53-30-12-2-13-31-53/h1-45,61-72,81-83H,46-51H2/t61-,62-,63-,64-,65-,66-,67-,68-,69+,70+,71+,72+,81-,82+,83-/m1/s1. The fraction of sp³-hybridized carbons (Fsp3) is 0.253. The number of halogens is 1. The molecule has 3 aliphatic heterocycles. The average Bonchev–Trinajstić information content (AvgIpc) is 0.774. The van der Waals surface area contributed by atoms with Crippen LogP contribution in [0, 0.1) is 0 Å². The van der Waals surface area contributed by atoms with Gasteiger partial charge in [-0.1, -0.05) is 181 Å². The molecule has 0 radical (unpaired) electrons. The van der Waals surface area contributed by atoms with E-state index in [1.807, 2.05) is 0 Å². The van der Waals surface area contributed by atoms with Crippen molar-refractivity contribution in [1.82, 2.24) is 0 Å². The first-order chi connectivity index (χ1) is 53.8. The van der Waals surface area contributed by atoms with Crippen LogP contribution in [0.15, 0.2) is 278 Å². The van der Waals surface area contributed by atoms with Crippen molar-refractivity contribution in [2.45, 2.75) is 98.8 Å². The third kappa shape index (κ3) is 20.3. The molecule has 3 aliphatic rings. The molecule has 3 saturated heterocycles. The molecule has 3 fully saturated rings. The summed E-state index contributed by atoms with van der Waals surface area (Å²) in [5.41, 5.74) is 9.92. The molecule has 564 valence electrons. The Morgan fingerprint density at radius 1 is 0.318 bits per heavy atom. The van der Waals surface area contributed by atoms with Gasteiger partial charge in [0.15, 0.2) is 61.7 Å². The summed E-state index contributed by atoms with van der Waals surface area (Å²) in [7, 11) is 0. The Kier molecular flexibility index (Phi) is 27.1. The van der Waals surface area contributed by atoms with Crippen LogP contribution in [0.3, 0.4) is 0 Å². The number of carbonyl (C=O) groups excluding carboxylic acids is 8. The predicted molar refractivity (Wildman–Crippen MR) is 384 cm³/mol. The van der Waals surface area contributed by atoms with Gasteiger partial charge in [-0.15, -0.1) is 0 Å². The van der Waals surface area contributed by atoms with Crippen LogP contribution in [0.1, 0.15) is 88.4 Å². The van der Waals surface area contributed by atoms with Crippen LogP contribution in [0.5, 0.6) is 0 Å². The average molecular weight is 1500 g/mol. The number of hydrogen-bond donors (Lipinski definition) is 0. The highest BCUT2D eigenvalue weighted by Crippen LogP contribution is 2.39. The van der Waals surface area contributed by atoms with Gasteiger partial charge in [-0.25, -0.2) is 42.7 Å². The number of azide groups is 1. The van der Waals surface area contributed by atoms with Crippen molar-refractivity contribution < 1.29 is 114 Å². The first kappa shape index (κ1) is 77.3. The third-order valence-electron chi connectivity index (χ3n) is 17.6. The van der Waals surface area contributed by atoms with Gasteiger partial charge in [0, 0.05) is 11.5 Å². The Morgan fingerprint density at radius 3 is 0.964 bits per heavy atom. The highest BCUT2D eigenvalue weighted by atomic mass is 19.1. The largest absolute Gasteiger partial charge is 0.459 e. The van der Waals surface area contributed by atoms with Crippen LogP contribution in [-0.4, -0.2) is 173 Å². The Morgan fingerprint density at radius 2 is 0.609 bits per heavy atom. The van der Waals surface area contributed by atoms with Gasteiger partial charge in [-0.2, -0.15) is 0 Å². The van der Waals surface area contributed by atoms with Crippen molar-refractivity contribution in [3.05, 3.63) is 334 Å². The smallest absolute Gasteiger partial charge is 0.338 e. The number of benzene rings is 9. The second-order valence-electron chi connectivity index (χ2n) is 24.9. The summed E-state index contributed by atoms with van der Waals surface area (Å²) in [6, 6.07) is 69.9. The van der Waals surface area contributed by atoms with Crippen molar-refractivity contribution in [3.63, 3.8) is 0 Å². The second-order valence-corrected chi connectivity index (χ2v) is 24.9. The summed E-state index contributed by atoms with van der Waals surface area (Å²) in [6.45, 7) is -3.69. The van der Waals surface area contributed by atoms with Gasteiger partial charge < -0.3 is 71.1 Å². The summed E-state index contributed by atoms with van der Waals surface area (Å²) in [4.78, 5) is 119. The zero-order chi connectivity index (χ0) is 76.6. The van der Waals surface area contributed by atoms with Crippen LogP contribution < -0.4 is 0 Å².